The second-order valence-electron chi connectivity index (χ2n) is 5.46. The van der Waals surface area contributed by atoms with E-state index in [-0.39, 0.29) is 36.7 Å². The number of carbonyl (C=O) groups excluding carboxylic acids is 1. The number of fused-ring (bicyclic) bond motifs is 1. The van der Waals surface area contributed by atoms with Gasteiger partial charge in [0.2, 0.25) is 5.91 Å². The van der Waals surface area contributed by atoms with E-state index in [1.807, 2.05) is 26.0 Å². The number of imidazole rings is 1. The second kappa shape index (κ2) is 6.58. The normalized spacial score (nSPS) is 12.8. The summed E-state index contributed by atoms with van der Waals surface area (Å²) in [6.45, 7) is 3.96. The zero-order chi connectivity index (χ0) is 15.4. The van der Waals surface area contributed by atoms with Gasteiger partial charge in [-0.2, -0.15) is 0 Å². The monoisotopic (exact) mass is 291 g/mol. The van der Waals surface area contributed by atoms with Crippen molar-refractivity contribution in [3.05, 3.63) is 34.7 Å². The molecule has 0 fully saturated rings. The predicted molar refractivity (Wildman–Crippen MR) is 81.0 cm³/mol. The highest BCUT2D eigenvalue weighted by Gasteiger charge is 2.17. The lowest BCUT2D eigenvalue weighted by atomic mass is 10.0. The smallest absolute Gasteiger partial charge is 0.326 e. The minimum absolute atomic E-state index is 0.0240. The topological polar surface area (TPSA) is 87.1 Å². The summed E-state index contributed by atoms with van der Waals surface area (Å²) in [6.07, 6.45) is 0.506. The Bertz CT molecular complexity index is 672. The predicted octanol–water partition coefficient (Wildman–Crippen LogP) is 0.853. The van der Waals surface area contributed by atoms with Crippen molar-refractivity contribution in [1.82, 2.24) is 14.9 Å². The van der Waals surface area contributed by atoms with Gasteiger partial charge in [-0.1, -0.05) is 26.0 Å². The third-order valence-electron chi connectivity index (χ3n) is 3.57. The molecule has 0 radical (unpaired) electrons. The number of rotatable bonds is 6. The van der Waals surface area contributed by atoms with Gasteiger partial charge in [-0.3, -0.25) is 9.36 Å². The highest BCUT2D eigenvalue weighted by Crippen LogP contribution is 2.09. The molecule has 6 heteroatoms. The van der Waals surface area contributed by atoms with Gasteiger partial charge in [0, 0.05) is 12.6 Å². The SMILES string of the molecule is CC(C)C(CCO)NC(=O)Cn1c(=O)[nH]c2ccccc21. The molecule has 0 spiro atoms. The van der Waals surface area contributed by atoms with Crippen LogP contribution in [0.2, 0.25) is 0 Å². The van der Waals surface area contributed by atoms with Gasteiger partial charge < -0.3 is 15.4 Å². The molecule has 3 N–H and O–H groups in total. The standard InChI is InChI=1S/C15H21N3O3/c1-10(2)11(7-8-19)16-14(20)9-18-13-6-4-3-5-12(13)17-15(18)21/h3-6,10-11,19H,7-9H2,1-2H3,(H,16,20)(H,17,21). The molecule has 6 nitrogen and oxygen atoms in total. The third kappa shape index (κ3) is 3.52. The van der Waals surface area contributed by atoms with Crippen LogP contribution in [0.25, 0.3) is 11.0 Å². The van der Waals surface area contributed by atoms with Crippen molar-refractivity contribution in [2.45, 2.75) is 32.9 Å². The summed E-state index contributed by atoms with van der Waals surface area (Å²) in [6, 6.07) is 7.16. The maximum absolute atomic E-state index is 12.1. The number of aliphatic hydroxyl groups is 1. The Kier molecular flexibility index (Phi) is 4.80. The Morgan fingerprint density at radius 1 is 1.38 bits per heavy atom. The number of aromatic nitrogens is 2. The summed E-state index contributed by atoms with van der Waals surface area (Å²) in [7, 11) is 0. The van der Waals surface area contributed by atoms with Crippen molar-refractivity contribution in [3.63, 3.8) is 0 Å². The molecule has 1 heterocycles. The van der Waals surface area contributed by atoms with Crippen LogP contribution in [0, 0.1) is 5.92 Å². The molecule has 1 unspecified atom stereocenters. The average molecular weight is 291 g/mol. The molecule has 1 atom stereocenters. The fourth-order valence-electron chi connectivity index (χ4n) is 2.37. The second-order valence-corrected chi connectivity index (χ2v) is 5.46. The number of benzene rings is 1. The first-order valence-corrected chi connectivity index (χ1v) is 7.10. The summed E-state index contributed by atoms with van der Waals surface area (Å²) < 4.78 is 1.42. The molecule has 0 aliphatic heterocycles. The van der Waals surface area contributed by atoms with E-state index in [1.54, 1.807) is 12.1 Å². The van der Waals surface area contributed by atoms with Crippen molar-refractivity contribution >= 4 is 16.9 Å². The van der Waals surface area contributed by atoms with Crippen LogP contribution in [0.4, 0.5) is 0 Å². The largest absolute Gasteiger partial charge is 0.396 e. The van der Waals surface area contributed by atoms with E-state index in [0.29, 0.717) is 17.5 Å². The number of hydrogen-bond donors (Lipinski definition) is 3. The van der Waals surface area contributed by atoms with E-state index in [4.69, 9.17) is 5.11 Å². The molecule has 0 aliphatic rings. The molecule has 1 aromatic carbocycles. The molecule has 0 saturated carbocycles. The van der Waals surface area contributed by atoms with E-state index in [0.717, 1.165) is 0 Å². The van der Waals surface area contributed by atoms with Gasteiger partial charge in [0.25, 0.3) is 0 Å². The number of nitrogens with zero attached hydrogens (tertiary/aromatic N) is 1. The summed E-state index contributed by atoms with van der Waals surface area (Å²) >= 11 is 0. The van der Waals surface area contributed by atoms with Crippen LogP contribution in [0.1, 0.15) is 20.3 Å². The van der Waals surface area contributed by atoms with E-state index >= 15 is 0 Å². The molecular formula is C15H21N3O3. The number of para-hydroxylation sites is 2. The molecule has 0 bridgehead atoms. The maximum atomic E-state index is 12.1. The molecule has 0 aliphatic carbocycles. The van der Waals surface area contributed by atoms with Crippen LogP contribution in [-0.2, 0) is 11.3 Å². The highest BCUT2D eigenvalue weighted by molar-refractivity contribution is 5.80. The van der Waals surface area contributed by atoms with E-state index < -0.39 is 0 Å². The lowest BCUT2D eigenvalue weighted by Crippen LogP contribution is -2.41. The Morgan fingerprint density at radius 3 is 2.76 bits per heavy atom. The molecule has 114 valence electrons. The van der Waals surface area contributed by atoms with Gasteiger partial charge in [0.15, 0.2) is 0 Å². The van der Waals surface area contributed by atoms with Gasteiger partial charge in [0.1, 0.15) is 6.54 Å². The van der Waals surface area contributed by atoms with Crippen molar-refractivity contribution in [1.29, 1.82) is 0 Å². The van der Waals surface area contributed by atoms with Crippen molar-refractivity contribution in [2.24, 2.45) is 5.92 Å². The van der Waals surface area contributed by atoms with Gasteiger partial charge in [-0.25, -0.2) is 4.79 Å². The first-order valence-electron chi connectivity index (χ1n) is 7.10. The van der Waals surface area contributed by atoms with Gasteiger partial charge in [0.05, 0.1) is 11.0 Å². The Morgan fingerprint density at radius 2 is 2.10 bits per heavy atom. The lowest BCUT2D eigenvalue weighted by molar-refractivity contribution is -0.122. The number of H-pyrrole nitrogens is 1. The van der Waals surface area contributed by atoms with Crippen LogP contribution >= 0.6 is 0 Å². The summed E-state index contributed by atoms with van der Waals surface area (Å²) in [5.74, 6) is -0.00482. The van der Waals surface area contributed by atoms with Crippen LogP contribution in [-0.4, -0.2) is 33.2 Å². The van der Waals surface area contributed by atoms with E-state index in [2.05, 4.69) is 10.3 Å². The lowest BCUT2D eigenvalue weighted by Gasteiger charge is -2.21. The van der Waals surface area contributed by atoms with Crippen LogP contribution in [0.3, 0.4) is 0 Å². The fraction of sp³-hybridized carbons (Fsp3) is 0.467. The van der Waals surface area contributed by atoms with Gasteiger partial charge >= 0.3 is 5.69 Å². The fourth-order valence-corrected chi connectivity index (χ4v) is 2.37. The first kappa shape index (κ1) is 15.3. The molecular weight excluding hydrogens is 270 g/mol. The molecule has 1 amide bonds. The highest BCUT2D eigenvalue weighted by atomic mass is 16.3. The van der Waals surface area contributed by atoms with Gasteiger partial charge in [-0.15, -0.1) is 0 Å². The first-order chi connectivity index (χ1) is 10.0. The summed E-state index contributed by atoms with van der Waals surface area (Å²) in [4.78, 5) is 26.8. The Balaban J connectivity index is 2.14. The molecule has 0 saturated heterocycles. The summed E-state index contributed by atoms with van der Waals surface area (Å²) in [5, 5.41) is 11.9. The number of amides is 1. The summed E-state index contributed by atoms with van der Waals surface area (Å²) in [5.41, 5.74) is 1.13. The Hall–Kier alpha value is -2.08. The number of aliphatic hydroxyl groups excluding tert-OH is 1. The molecule has 2 rings (SSSR count). The average Bonchev–Trinajstić information content (AvgIpc) is 2.75. The van der Waals surface area contributed by atoms with Crippen molar-refractivity contribution < 1.29 is 9.90 Å². The third-order valence-corrected chi connectivity index (χ3v) is 3.57. The Labute approximate surface area is 122 Å². The van der Waals surface area contributed by atoms with E-state index in [9.17, 15) is 9.59 Å². The molecule has 1 aromatic heterocycles. The quantitative estimate of drug-likeness (QED) is 0.737. The van der Waals surface area contributed by atoms with Crippen LogP contribution in [0.5, 0.6) is 0 Å². The zero-order valence-electron chi connectivity index (χ0n) is 12.3. The zero-order valence-corrected chi connectivity index (χ0v) is 12.3. The molecule has 2 aromatic rings. The van der Waals surface area contributed by atoms with Crippen LogP contribution in [0.15, 0.2) is 29.1 Å². The minimum Gasteiger partial charge on any atom is -0.396 e. The number of carbonyl (C=O) groups is 1. The van der Waals surface area contributed by atoms with Crippen LogP contribution < -0.4 is 11.0 Å². The van der Waals surface area contributed by atoms with Crippen molar-refractivity contribution in [3.8, 4) is 0 Å². The number of aromatic amines is 1. The number of nitrogens with one attached hydrogen (secondary N) is 2. The van der Waals surface area contributed by atoms with Crippen molar-refractivity contribution in [2.75, 3.05) is 6.61 Å². The maximum Gasteiger partial charge on any atom is 0.326 e. The minimum atomic E-state index is -0.297. The molecule has 21 heavy (non-hydrogen) atoms. The number of hydrogen-bond acceptors (Lipinski definition) is 3. The van der Waals surface area contributed by atoms with Gasteiger partial charge in [-0.05, 0) is 24.5 Å². The van der Waals surface area contributed by atoms with E-state index in [1.165, 1.54) is 4.57 Å².